The molecule has 5 nitrogen and oxygen atoms in total. The van der Waals surface area contributed by atoms with Crippen LogP contribution in [0.4, 0.5) is 10.8 Å². The van der Waals surface area contributed by atoms with E-state index in [1.54, 1.807) is 0 Å². The summed E-state index contributed by atoms with van der Waals surface area (Å²) < 4.78 is 0.787. The number of rotatable bonds is 8. The maximum absolute atomic E-state index is 12.4. The topological polar surface area (TPSA) is 66.9 Å². The number of amides is 1. The summed E-state index contributed by atoms with van der Waals surface area (Å²) in [5.74, 6) is 0.238. The van der Waals surface area contributed by atoms with Gasteiger partial charge in [-0.1, -0.05) is 78.6 Å². The maximum Gasteiger partial charge on any atom is 0.234 e. The molecule has 0 aliphatic heterocycles. The molecule has 0 spiro atoms. The predicted octanol–water partition coefficient (Wildman–Crippen LogP) is 4.76. The fourth-order valence-electron chi connectivity index (χ4n) is 2.35. The first-order valence-electron chi connectivity index (χ1n) is 8.40. The lowest BCUT2D eigenvalue weighted by Crippen LogP contribution is -2.14. The minimum Gasteiger partial charge on any atom is -0.360 e. The molecular weight excluding hydrogens is 364 g/mol. The van der Waals surface area contributed by atoms with E-state index in [4.69, 9.17) is 0 Å². The second-order valence-electron chi connectivity index (χ2n) is 5.55. The van der Waals surface area contributed by atoms with E-state index in [9.17, 15) is 4.79 Å². The minimum atomic E-state index is -0.0587. The molecule has 134 valence electrons. The van der Waals surface area contributed by atoms with E-state index in [0.29, 0.717) is 5.75 Å². The monoisotopic (exact) mass is 384 g/mol. The highest BCUT2D eigenvalue weighted by atomic mass is 32.2. The third-order valence-corrected chi connectivity index (χ3v) is 5.56. The molecule has 7 heteroatoms. The van der Waals surface area contributed by atoms with Gasteiger partial charge in [0.2, 0.25) is 11.0 Å². The highest BCUT2D eigenvalue weighted by Crippen LogP contribution is 2.29. The number of carbonyl (C=O) groups is 1. The molecule has 0 bridgehead atoms. The third-order valence-electron chi connectivity index (χ3n) is 3.55. The molecule has 0 saturated carbocycles. The molecule has 26 heavy (non-hydrogen) atoms. The molecule has 0 atom stereocenters. The number of anilines is 2. The number of benzene rings is 2. The van der Waals surface area contributed by atoms with Gasteiger partial charge < -0.3 is 10.6 Å². The van der Waals surface area contributed by atoms with Gasteiger partial charge in [-0.15, -0.1) is 10.2 Å². The van der Waals surface area contributed by atoms with Crippen LogP contribution in [0.2, 0.25) is 0 Å². The summed E-state index contributed by atoms with van der Waals surface area (Å²) in [7, 11) is 0. The molecule has 0 saturated heterocycles. The number of hydrogen-bond donors (Lipinski definition) is 2. The van der Waals surface area contributed by atoms with Crippen molar-refractivity contribution in [3.63, 3.8) is 0 Å². The lowest BCUT2D eigenvalue weighted by atomic mass is 10.0. The first-order chi connectivity index (χ1) is 12.8. The summed E-state index contributed by atoms with van der Waals surface area (Å²) in [5.41, 5.74) is 2.90. The normalized spacial score (nSPS) is 10.5. The summed E-state index contributed by atoms with van der Waals surface area (Å²) in [6.45, 7) is 2.97. The van der Waals surface area contributed by atoms with Gasteiger partial charge in [-0.2, -0.15) is 0 Å². The summed E-state index contributed by atoms with van der Waals surface area (Å²) >= 11 is 2.87. The average molecular weight is 385 g/mol. The van der Waals surface area contributed by atoms with E-state index in [1.807, 2.05) is 54.6 Å². The van der Waals surface area contributed by atoms with Gasteiger partial charge in [0, 0.05) is 17.8 Å². The third kappa shape index (κ3) is 5.06. The molecule has 3 aromatic rings. The first-order valence-corrected chi connectivity index (χ1v) is 10.2. The van der Waals surface area contributed by atoms with E-state index < -0.39 is 0 Å². The van der Waals surface area contributed by atoms with Gasteiger partial charge in [0.15, 0.2) is 4.34 Å². The molecule has 0 unspecified atom stereocenters. The quantitative estimate of drug-likeness (QED) is 0.548. The van der Waals surface area contributed by atoms with Crippen LogP contribution in [0, 0.1) is 0 Å². The van der Waals surface area contributed by atoms with Crippen molar-refractivity contribution in [2.24, 2.45) is 0 Å². The van der Waals surface area contributed by atoms with Crippen LogP contribution in [0.25, 0.3) is 11.1 Å². The van der Waals surface area contributed by atoms with Gasteiger partial charge in [0.05, 0.1) is 5.75 Å². The van der Waals surface area contributed by atoms with Gasteiger partial charge >= 0.3 is 0 Å². The van der Waals surface area contributed by atoms with Gasteiger partial charge in [-0.3, -0.25) is 4.79 Å². The number of nitrogens with zero attached hydrogens (tertiary/aromatic N) is 2. The Balaban J connectivity index is 1.60. The van der Waals surface area contributed by atoms with Crippen molar-refractivity contribution in [1.29, 1.82) is 0 Å². The van der Waals surface area contributed by atoms with Gasteiger partial charge in [0.1, 0.15) is 0 Å². The maximum atomic E-state index is 12.4. The van der Waals surface area contributed by atoms with Crippen LogP contribution >= 0.6 is 23.1 Å². The van der Waals surface area contributed by atoms with E-state index in [2.05, 4.69) is 27.8 Å². The predicted molar refractivity (Wildman–Crippen MR) is 110 cm³/mol. The Kier molecular flexibility index (Phi) is 6.62. The second-order valence-corrected chi connectivity index (χ2v) is 7.75. The number of aromatic nitrogens is 2. The van der Waals surface area contributed by atoms with Crippen molar-refractivity contribution >= 4 is 39.8 Å². The molecule has 1 heterocycles. The summed E-state index contributed by atoms with van der Waals surface area (Å²) in [6.07, 6.45) is 1.03. The Hall–Kier alpha value is -2.38. The molecule has 0 fully saturated rings. The van der Waals surface area contributed by atoms with Crippen LogP contribution in [-0.2, 0) is 4.79 Å². The Morgan fingerprint density at radius 2 is 1.85 bits per heavy atom. The summed E-state index contributed by atoms with van der Waals surface area (Å²) in [5, 5.41) is 15.2. The van der Waals surface area contributed by atoms with Crippen molar-refractivity contribution in [3.05, 3.63) is 54.6 Å². The van der Waals surface area contributed by atoms with Gasteiger partial charge in [0.25, 0.3) is 0 Å². The van der Waals surface area contributed by atoms with E-state index in [-0.39, 0.29) is 5.91 Å². The highest BCUT2D eigenvalue weighted by Gasteiger charge is 2.11. The Labute approximate surface area is 161 Å². The number of para-hydroxylation sites is 1. The molecular formula is C19H20N4OS2. The zero-order chi connectivity index (χ0) is 18.2. The molecule has 0 aliphatic rings. The van der Waals surface area contributed by atoms with Crippen LogP contribution in [0.15, 0.2) is 58.9 Å². The Morgan fingerprint density at radius 1 is 1.08 bits per heavy atom. The number of hydrogen-bond acceptors (Lipinski definition) is 6. The van der Waals surface area contributed by atoms with Crippen LogP contribution in [0.3, 0.4) is 0 Å². The van der Waals surface area contributed by atoms with Crippen LogP contribution in [-0.4, -0.2) is 28.4 Å². The molecule has 3 rings (SSSR count). The summed E-state index contributed by atoms with van der Waals surface area (Å²) in [4.78, 5) is 12.4. The fourth-order valence-corrected chi connectivity index (χ4v) is 3.92. The smallest absolute Gasteiger partial charge is 0.234 e. The van der Waals surface area contributed by atoms with Crippen LogP contribution in [0.5, 0.6) is 0 Å². The van der Waals surface area contributed by atoms with Crippen molar-refractivity contribution in [2.75, 3.05) is 22.9 Å². The highest BCUT2D eigenvalue weighted by molar-refractivity contribution is 8.01. The zero-order valence-corrected chi connectivity index (χ0v) is 16.1. The van der Waals surface area contributed by atoms with Crippen molar-refractivity contribution < 1.29 is 4.79 Å². The Morgan fingerprint density at radius 3 is 2.65 bits per heavy atom. The molecule has 1 aromatic heterocycles. The van der Waals surface area contributed by atoms with E-state index in [0.717, 1.165) is 39.3 Å². The first kappa shape index (κ1) is 18.4. The van der Waals surface area contributed by atoms with Crippen molar-refractivity contribution in [2.45, 2.75) is 17.7 Å². The lowest BCUT2D eigenvalue weighted by Gasteiger charge is -2.10. The number of thioether (sulfide) groups is 1. The average Bonchev–Trinajstić information content (AvgIpc) is 3.14. The van der Waals surface area contributed by atoms with Gasteiger partial charge in [-0.25, -0.2) is 0 Å². The fraction of sp³-hybridized carbons (Fsp3) is 0.211. The van der Waals surface area contributed by atoms with E-state index >= 15 is 0 Å². The van der Waals surface area contributed by atoms with Gasteiger partial charge in [-0.05, 0) is 18.1 Å². The number of nitrogens with one attached hydrogen (secondary N) is 2. The number of carbonyl (C=O) groups excluding carboxylic acids is 1. The lowest BCUT2D eigenvalue weighted by molar-refractivity contribution is -0.113. The molecule has 0 radical (unpaired) electrons. The molecule has 2 N–H and O–H groups in total. The SMILES string of the molecule is CCCNc1nnc(SCC(=O)Nc2ccccc2-c2ccccc2)s1. The molecule has 1 amide bonds. The van der Waals surface area contributed by atoms with E-state index in [1.165, 1.54) is 23.1 Å². The summed E-state index contributed by atoms with van der Waals surface area (Å²) in [6, 6.07) is 17.8. The minimum absolute atomic E-state index is 0.0587. The largest absolute Gasteiger partial charge is 0.360 e. The Bertz CT molecular complexity index is 852. The molecule has 2 aromatic carbocycles. The standard InChI is InChI=1S/C19H20N4OS2/c1-2-12-20-18-22-23-19(26-18)25-13-17(24)21-16-11-7-6-10-15(16)14-8-4-3-5-9-14/h3-11H,2,12-13H2,1H3,(H,20,22)(H,21,24). The van der Waals surface area contributed by atoms with Crippen molar-refractivity contribution in [1.82, 2.24) is 10.2 Å². The van der Waals surface area contributed by atoms with Crippen molar-refractivity contribution in [3.8, 4) is 11.1 Å². The van der Waals surface area contributed by atoms with Crippen LogP contribution in [0.1, 0.15) is 13.3 Å². The van der Waals surface area contributed by atoms with Crippen LogP contribution < -0.4 is 10.6 Å². The molecule has 0 aliphatic carbocycles. The second kappa shape index (κ2) is 9.35. The zero-order valence-electron chi connectivity index (χ0n) is 14.4.